The number of hydrogen-bond donors (Lipinski definition) is 2. The SMILES string of the molecule is CC(C)C(C)(C)CCCS.CCNC1CCN(C(=O)Oc2ccc3c(c2)C[C@@H](CCC(C)(C)CC)C2C3CCC3(C)C(OC)CC[C@@]23C)CC1. The lowest BCUT2D eigenvalue weighted by Crippen LogP contribution is -2.54. The van der Waals surface area contributed by atoms with E-state index in [2.05, 4.69) is 105 Å². The second kappa shape index (κ2) is 17.3. The molecule has 1 aromatic carbocycles. The Kier molecular flexibility index (Phi) is 14.3. The average Bonchev–Trinajstić information content (AvgIpc) is 3.36. The summed E-state index contributed by atoms with van der Waals surface area (Å²) in [5.74, 6) is 4.44. The molecule has 5 rings (SSSR count). The van der Waals surface area contributed by atoms with E-state index in [-0.39, 0.29) is 11.5 Å². The predicted molar refractivity (Wildman–Crippen MR) is 215 cm³/mol. The van der Waals surface area contributed by atoms with Crippen molar-refractivity contribution in [1.29, 1.82) is 0 Å². The number of nitrogens with zero attached hydrogens (tertiary/aromatic N) is 1. The van der Waals surface area contributed by atoms with Gasteiger partial charge in [0.05, 0.1) is 6.10 Å². The Morgan fingerprint density at radius 2 is 1.70 bits per heavy atom. The van der Waals surface area contributed by atoms with E-state index in [1.54, 1.807) is 0 Å². The second-order valence-electron chi connectivity index (χ2n) is 18.8. The van der Waals surface area contributed by atoms with Crippen LogP contribution in [-0.2, 0) is 11.2 Å². The number of carbonyl (C=O) groups excluding carboxylic acids is 1. The third-order valence-corrected chi connectivity index (χ3v) is 15.3. The smallest absolute Gasteiger partial charge is 0.410 e. The molecule has 1 saturated heterocycles. The van der Waals surface area contributed by atoms with Gasteiger partial charge in [0.15, 0.2) is 0 Å². The van der Waals surface area contributed by atoms with Gasteiger partial charge in [-0.1, -0.05) is 81.7 Å². The standard InChI is InChI=1S/C35H56N2O3.C9H20S/c1-8-33(3,4)17-12-24-22-25-23-27(40-32(38)37-20-15-26(16-21-37)36-9-2)10-11-28(25)29-13-18-34(5)30(39-7)14-19-35(34,6)31(24)29;1-8(2)9(3,4)6-5-7-10/h10-11,23-24,26,29-31,36H,8-9,12-22H2,1-7H3;8,10H,5-7H2,1-4H3/t24-,29?,30?,31?,34?,35+;/m1./s1. The van der Waals surface area contributed by atoms with Crippen molar-refractivity contribution in [2.24, 2.45) is 39.4 Å². The molecule has 50 heavy (non-hydrogen) atoms. The van der Waals surface area contributed by atoms with Crippen LogP contribution in [0.25, 0.3) is 0 Å². The Bertz CT molecular complexity index is 1240. The van der Waals surface area contributed by atoms with E-state index in [4.69, 9.17) is 9.47 Å². The number of benzene rings is 1. The minimum absolute atomic E-state index is 0.192. The van der Waals surface area contributed by atoms with Crippen molar-refractivity contribution >= 4 is 18.7 Å². The maximum atomic E-state index is 13.1. The minimum atomic E-state index is -0.192. The van der Waals surface area contributed by atoms with E-state index < -0.39 is 0 Å². The van der Waals surface area contributed by atoms with Gasteiger partial charge in [-0.05, 0) is 152 Å². The van der Waals surface area contributed by atoms with Crippen molar-refractivity contribution in [2.45, 2.75) is 164 Å². The van der Waals surface area contributed by atoms with Crippen molar-refractivity contribution in [3.63, 3.8) is 0 Å². The molecule has 3 fully saturated rings. The molecule has 286 valence electrons. The van der Waals surface area contributed by atoms with E-state index in [9.17, 15) is 4.79 Å². The monoisotopic (exact) mass is 713 g/mol. The fourth-order valence-corrected chi connectivity index (χ4v) is 10.4. The quantitative estimate of drug-likeness (QED) is 0.212. The van der Waals surface area contributed by atoms with E-state index >= 15 is 0 Å². The zero-order valence-corrected chi connectivity index (χ0v) is 35.0. The molecule has 5 nitrogen and oxygen atoms in total. The molecule has 0 bridgehead atoms. The first-order chi connectivity index (χ1) is 23.6. The van der Waals surface area contributed by atoms with Gasteiger partial charge < -0.3 is 19.7 Å². The van der Waals surface area contributed by atoms with Gasteiger partial charge in [-0.25, -0.2) is 4.79 Å². The molecule has 4 aliphatic rings. The fourth-order valence-electron chi connectivity index (χ4n) is 10.2. The number of hydrogen-bond acceptors (Lipinski definition) is 5. The largest absolute Gasteiger partial charge is 0.415 e. The van der Waals surface area contributed by atoms with Crippen LogP contribution >= 0.6 is 12.6 Å². The molecule has 1 heterocycles. The molecule has 1 amide bonds. The first kappa shape index (κ1) is 41.5. The Morgan fingerprint density at radius 1 is 1.02 bits per heavy atom. The summed E-state index contributed by atoms with van der Waals surface area (Å²) in [4.78, 5) is 15.0. The molecule has 1 N–H and O–H groups in total. The van der Waals surface area contributed by atoms with Crippen molar-refractivity contribution in [3.8, 4) is 5.75 Å². The number of likely N-dealkylation sites (tertiary alicyclic amines) is 1. The number of carbonyl (C=O) groups is 1. The summed E-state index contributed by atoms with van der Waals surface area (Å²) in [7, 11) is 1.93. The van der Waals surface area contributed by atoms with E-state index in [0.717, 1.165) is 56.3 Å². The molecule has 3 aliphatic carbocycles. The molecule has 1 aromatic rings. The first-order valence-electron chi connectivity index (χ1n) is 20.5. The van der Waals surface area contributed by atoms with Crippen LogP contribution in [0.3, 0.4) is 0 Å². The van der Waals surface area contributed by atoms with Gasteiger partial charge in [-0.3, -0.25) is 0 Å². The van der Waals surface area contributed by atoms with Gasteiger partial charge in [0, 0.05) is 26.2 Å². The highest BCUT2D eigenvalue weighted by Gasteiger charge is 2.64. The van der Waals surface area contributed by atoms with Crippen LogP contribution in [0.5, 0.6) is 5.75 Å². The van der Waals surface area contributed by atoms with Gasteiger partial charge in [0.1, 0.15) is 5.75 Å². The summed E-state index contributed by atoms with van der Waals surface area (Å²) in [6, 6.07) is 7.12. The summed E-state index contributed by atoms with van der Waals surface area (Å²) < 4.78 is 12.1. The number of nitrogens with one attached hydrogen (secondary N) is 1. The van der Waals surface area contributed by atoms with Crippen LogP contribution in [-0.4, -0.2) is 55.6 Å². The van der Waals surface area contributed by atoms with Crippen molar-refractivity contribution in [2.75, 3.05) is 32.5 Å². The minimum Gasteiger partial charge on any atom is -0.410 e. The van der Waals surface area contributed by atoms with Crippen LogP contribution in [0.1, 0.15) is 157 Å². The third kappa shape index (κ3) is 9.09. The van der Waals surface area contributed by atoms with Gasteiger partial charge in [0.2, 0.25) is 0 Å². The summed E-state index contributed by atoms with van der Waals surface area (Å²) >= 11 is 4.20. The maximum absolute atomic E-state index is 13.1. The zero-order chi connectivity index (χ0) is 36.9. The molecule has 0 radical (unpaired) electrons. The Hall–Kier alpha value is -1.24. The van der Waals surface area contributed by atoms with Crippen molar-refractivity contribution < 1.29 is 14.3 Å². The highest BCUT2D eigenvalue weighted by molar-refractivity contribution is 7.80. The van der Waals surface area contributed by atoms with Gasteiger partial charge in [-0.15, -0.1) is 0 Å². The third-order valence-electron chi connectivity index (χ3n) is 15.0. The van der Waals surface area contributed by atoms with Gasteiger partial charge >= 0.3 is 6.09 Å². The van der Waals surface area contributed by atoms with Crippen LogP contribution in [0.2, 0.25) is 0 Å². The summed E-state index contributed by atoms with van der Waals surface area (Å²) in [6.07, 6.45) is 14.5. The molecule has 6 heteroatoms. The van der Waals surface area contributed by atoms with E-state index in [0.29, 0.717) is 46.1 Å². The molecule has 4 unspecified atom stereocenters. The lowest BCUT2D eigenvalue weighted by Gasteiger charge is -2.60. The zero-order valence-electron chi connectivity index (χ0n) is 34.1. The molecular weight excluding hydrogens is 637 g/mol. The lowest BCUT2D eigenvalue weighted by molar-refractivity contribution is -0.112. The molecular formula is C44H76N2O3S. The summed E-state index contributed by atoms with van der Waals surface area (Å²) in [5, 5.41) is 3.52. The number of methoxy groups -OCH3 is 1. The van der Waals surface area contributed by atoms with Gasteiger partial charge in [0.25, 0.3) is 0 Å². The van der Waals surface area contributed by atoms with Crippen molar-refractivity contribution in [1.82, 2.24) is 10.2 Å². The van der Waals surface area contributed by atoms with E-state index in [1.165, 1.54) is 68.9 Å². The predicted octanol–water partition coefficient (Wildman–Crippen LogP) is 11.3. The van der Waals surface area contributed by atoms with Gasteiger partial charge in [-0.2, -0.15) is 12.6 Å². The first-order valence-corrected chi connectivity index (χ1v) is 21.2. The molecule has 1 aliphatic heterocycles. The van der Waals surface area contributed by atoms with Crippen LogP contribution in [0.15, 0.2) is 18.2 Å². The Labute approximate surface area is 313 Å². The highest BCUT2D eigenvalue weighted by atomic mass is 32.1. The highest BCUT2D eigenvalue weighted by Crippen LogP contribution is 2.70. The van der Waals surface area contributed by atoms with E-state index in [1.807, 2.05) is 12.0 Å². The lowest BCUT2D eigenvalue weighted by atomic mass is 9.45. The number of amides is 1. The number of piperidine rings is 1. The van der Waals surface area contributed by atoms with Crippen molar-refractivity contribution in [3.05, 3.63) is 29.3 Å². The second-order valence-corrected chi connectivity index (χ2v) is 19.3. The normalized spacial score (nSPS) is 29.9. The number of fused-ring (bicyclic) bond motifs is 5. The summed E-state index contributed by atoms with van der Waals surface area (Å²) in [5.41, 5.74) is 4.35. The molecule has 0 aromatic heterocycles. The number of rotatable bonds is 12. The number of thiol groups is 1. The Balaban J connectivity index is 0.000000490. The maximum Gasteiger partial charge on any atom is 0.415 e. The molecule has 6 atom stereocenters. The van der Waals surface area contributed by atoms with Crippen LogP contribution in [0.4, 0.5) is 4.79 Å². The topological polar surface area (TPSA) is 50.8 Å². The van der Waals surface area contributed by atoms with Crippen LogP contribution < -0.4 is 10.1 Å². The fraction of sp³-hybridized carbons (Fsp3) is 0.841. The average molecular weight is 713 g/mol. The summed E-state index contributed by atoms with van der Waals surface area (Å²) in [6.45, 7) is 26.3. The molecule has 0 spiro atoms. The molecule has 2 saturated carbocycles. The van der Waals surface area contributed by atoms with Crippen LogP contribution in [0, 0.1) is 39.4 Å². The Morgan fingerprint density at radius 3 is 2.30 bits per heavy atom. The number of ether oxygens (including phenoxy) is 2.